The highest BCUT2D eigenvalue weighted by Gasteiger charge is 2.36. The van der Waals surface area contributed by atoms with E-state index >= 15 is 0 Å². The quantitative estimate of drug-likeness (QED) is 0.709. The molecule has 146 valence electrons. The maximum atomic E-state index is 12.6. The van der Waals surface area contributed by atoms with Crippen LogP contribution >= 0.6 is 0 Å². The number of hydrogen-bond donors (Lipinski definition) is 0. The van der Waals surface area contributed by atoms with E-state index in [1.807, 2.05) is 12.1 Å². The molecular weight excluding hydrogens is 352 g/mol. The van der Waals surface area contributed by atoms with Crippen LogP contribution in [0.3, 0.4) is 0 Å². The van der Waals surface area contributed by atoms with E-state index in [0.717, 1.165) is 12.3 Å². The van der Waals surface area contributed by atoms with Gasteiger partial charge in [0.1, 0.15) is 12.4 Å². The van der Waals surface area contributed by atoms with Crippen molar-refractivity contribution in [3.8, 4) is 5.75 Å². The molecule has 28 heavy (non-hydrogen) atoms. The first-order valence-electron chi connectivity index (χ1n) is 10.1. The first kappa shape index (κ1) is 18.7. The topological polar surface area (TPSA) is 49.9 Å². The average Bonchev–Trinajstić information content (AvgIpc) is 3.00. The lowest BCUT2D eigenvalue weighted by molar-refractivity contribution is 0.0926. The predicted molar refractivity (Wildman–Crippen MR) is 109 cm³/mol. The van der Waals surface area contributed by atoms with E-state index in [1.165, 1.54) is 37.0 Å². The van der Waals surface area contributed by atoms with Crippen LogP contribution in [0.15, 0.2) is 48.5 Å². The summed E-state index contributed by atoms with van der Waals surface area (Å²) in [6.07, 6.45) is 6.58. The molecule has 1 fully saturated rings. The molecule has 0 aromatic heterocycles. The molecule has 2 aromatic carbocycles. The molecular formula is C23H26N2O3. The first-order valence-corrected chi connectivity index (χ1v) is 10.1. The lowest BCUT2D eigenvalue weighted by Crippen LogP contribution is -2.36. The molecule has 0 unspecified atom stereocenters. The molecule has 0 N–H and O–H groups in total. The second-order valence-corrected chi connectivity index (χ2v) is 7.61. The zero-order valence-electron chi connectivity index (χ0n) is 16.3. The van der Waals surface area contributed by atoms with Crippen molar-refractivity contribution in [1.29, 1.82) is 0 Å². The van der Waals surface area contributed by atoms with Crippen molar-refractivity contribution in [3.05, 3.63) is 59.7 Å². The van der Waals surface area contributed by atoms with Gasteiger partial charge >= 0.3 is 0 Å². The van der Waals surface area contributed by atoms with Gasteiger partial charge in [-0.3, -0.25) is 9.59 Å². The van der Waals surface area contributed by atoms with Gasteiger partial charge in [0, 0.05) is 12.6 Å². The molecule has 5 heteroatoms. The van der Waals surface area contributed by atoms with Gasteiger partial charge in [-0.05, 0) is 56.3 Å². The third kappa shape index (κ3) is 3.67. The number of benzene rings is 2. The Morgan fingerprint density at radius 3 is 2.14 bits per heavy atom. The van der Waals surface area contributed by atoms with Crippen LogP contribution in [0.2, 0.25) is 0 Å². The Labute approximate surface area is 165 Å². The standard InChI is InChI=1S/C23H26N2O3/c1-24(17-7-3-2-4-8-17)15-16-28-19-13-11-18(12-14-19)25-22(26)20-9-5-6-10-21(20)23(25)27/h5-6,9-14,17H,2-4,7-8,15-16H2,1H3. The van der Waals surface area contributed by atoms with Crippen LogP contribution in [0.4, 0.5) is 5.69 Å². The van der Waals surface area contributed by atoms with E-state index in [9.17, 15) is 9.59 Å². The first-order chi connectivity index (χ1) is 13.6. The number of carbonyl (C=O) groups excluding carboxylic acids is 2. The van der Waals surface area contributed by atoms with Crippen molar-refractivity contribution in [2.75, 3.05) is 25.1 Å². The highest BCUT2D eigenvalue weighted by atomic mass is 16.5. The van der Waals surface area contributed by atoms with Crippen molar-refractivity contribution in [1.82, 2.24) is 4.90 Å². The molecule has 2 aliphatic rings. The molecule has 0 bridgehead atoms. The molecule has 0 atom stereocenters. The Kier molecular flexibility index (Phi) is 5.44. The van der Waals surface area contributed by atoms with Crippen molar-refractivity contribution in [2.24, 2.45) is 0 Å². The van der Waals surface area contributed by atoms with Crippen molar-refractivity contribution < 1.29 is 14.3 Å². The van der Waals surface area contributed by atoms with E-state index < -0.39 is 0 Å². The summed E-state index contributed by atoms with van der Waals surface area (Å²) in [5, 5.41) is 0. The van der Waals surface area contributed by atoms with Gasteiger partial charge in [-0.2, -0.15) is 0 Å². The van der Waals surface area contributed by atoms with Gasteiger partial charge in [0.2, 0.25) is 0 Å². The normalized spacial score (nSPS) is 17.3. The van der Waals surface area contributed by atoms with Gasteiger partial charge in [0.05, 0.1) is 16.8 Å². The van der Waals surface area contributed by atoms with Crippen LogP contribution in [0.5, 0.6) is 5.75 Å². The Balaban J connectivity index is 1.34. The van der Waals surface area contributed by atoms with Crippen LogP contribution in [-0.4, -0.2) is 43.0 Å². The minimum Gasteiger partial charge on any atom is -0.492 e. The second kappa shape index (κ2) is 8.15. The zero-order valence-corrected chi connectivity index (χ0v) is 16.3. The molecule has 0 spiro atoms. The predicted octanol–water partition coefficient (Wildman–Crippen LogP) is 4.13. The van der Waals surface area contributed by atoms with Crippen LogP contribution in [0, 0.1) is 0 Å². The van der Waals surface area contributed by atoms with Crippen molar-refractivity contribution >= 4 is 17.5 Å². The molecule has 5 nitrogen and oxygen atoms in total. The summed E-state index contributed by atoms with van der Waals surface area (Å²) in [5.74, 6) is 0.198. The third-order valence-corrected chi connectivity index (χ3v) is 5.80. The fraction of sp³-hybridized carbons (Fsp3) is 0.391. The number of hydrogen-bond acceptors (Lipinski definition) is 4. The number of likely N-dealkylation sites (N-methyl/N-ethyl adjacent to an activating group) is 1. The molecule has 1 aliphatic carbocycles. The number of imide groups is 1. The maximum absolute atomic E-state index is 12.6. The summed E-state index contributed by atoms with van der Waals surface area (Å²) < 4.78 is 5.87. The summed E-state index contributed by atoms with van der Waals surface area (Å²) in [6, 6.07) is 14.8. The van der Waals surface area contributed by atoms with Gasteiger partial charge in [-0.1, -0.05) is 31.4 Å². The van der Waals surface area contributed by atoms with E-state index in [4.69, 9.17) is 4.74 Å². The molecule has 4 rings (SSSR count). The fourth-order valence-corrected chi connectivity index (χ4v) is 4.13. The summed E-state index contributed by atoms with van der Waals surface area (Å²) >= 11 is 0. The van der Waals surface area contributed by atoms with Crippen LogP contribution in [0.25, 0.3) is 0 Å². The van der Waals surface area contributed by atoms with Gasteiger partial charge in [0.25, 0.3) is 11.8 Å². The number of amides is 2. The molecule has 2 amide bonds. The van der Waals surface area contributed by atoms with E-state index in [-0.39, 0.29) is 11.8 Å². The smallest absolute Gasteiger partial charge is 0.266 e. The van der Waals surface area contributed by atoms with Gasteiger partial charge in [-0.15, -0.1) is 0 Å². The van der Waals surface area contributed by atoms with Crippen LogP contribution in [-0.2, 0) is 0 Å². The minimum absolute atomic E-state index is 0.275. The van der Waals surface area contributed by atoms with Gasteiger partial charge in [-0.25, -0.2) is 4.90 Å². The van der Waals surface area contributed by atoms with Crippen LogP contribution in [0.1, 0.15) is 52.8 Å². The molecule has 1 aliphatic heterocycles. The summed E-state index contributed by atoms with van der Waals surface area (Å²) in [5.41, 5.74) is 1.48. The molecule has 1 saturated carbocycles. The fourth-order valence-electron chi connectivity index (χ4n) is 4.13. The third-order valence-electron chi connectivity index (χ3n) is 5.80. The molecule has 2 aromatic rings. The zero-order chi connectivity index (χ0) is 19.5. The monoisotopic (exact) mass is 378 g/mol. The number of ether oxygens (including phenoxy) is 1. The highest BCUT2D eigenvalue weighted by molar-refractivity contribution is 6.34. The van der Waals surface area contributed by atoms with Crippen LogP contribution < -0.4 is 9.64 Å². The van der Waals surface area contributed by atoms with Gasteiger partial charge in [0.15, 0.2) is 0 Å². The molecule has 1 heterocycles. The largest absolute Gasteiger partial charge is 0.492 e. The van der Waals surface area contributed by atoms with E-state index in [2.05, 4.69) is 11.9 Å². The average molecular weight is 378 g/mol. The van der Waals surface area contributed by atoms with E-state index in [1.54, 1.807) is 36.4 Å². The lowest BCUT2D eigenvalue weighted by Gasteiger charge is -2.31. The number of anilines is 1. The van der Waals surface area contributed by atoms with Gasteiger partial charge < -0.3 is 9.64 Å². The SMILES string of the molecule is CN(CCOc1ccc(N2C(=O)c3ccccc3C2=O)cc1)C1CCCCC1. The Bertz CT molecular complexity index is 821. The Hall–Kier alpha value is -2.66. The summed E-state index contributed by atoms with van der Waals surface area (Å²) in [4.78, 5) is 28.7. The summed E-state index contributed by atoms with van der Waals surface area (Å²) in [6.45, 7) is 1.52. The lowest BCUT2D eigenvalue weighted by atomic mass is 9.94. The molecule has 0 saturated heterocycles. The Morgan fingerprint density at radius 1 is 0.929 bits per heavy atom. The summed E-state index contributed by atoms with van der Waals surface area (Å²) in [7, 11) is 2.17. The number of rotatable bonds is 6. The van der Waals surface area contributed by atoms with Crippen molar-refractivity contribution in [3.63, 3.8) is 0 Å². The number of carbonyl (C=O) groups is 2. The number of fused-ring (bicyclic) bond motifs is 1. The van der Waals surface area contributed by atoms with E-state index in [0.29, 0.717) is 29.5 Å². The molecule has 0 radical (unpaired) electrons. The Morgan fingerprint density at radius 2 is 1.54 bits per heavy atom. The van der Waals surface area contributed by atoms with Crippen molar-refractivity contribution in [2.45, 2.75) is 38.1 Å². The second-order valence-electron chi connectivity index (χ2n) is 7.61. The minimum atomic E-state index is -0.275. The highest BCUT2D eigenvalue weighted by Crippen LogP contribution is 2.29. The number of nitrogens with zero attached hydrogens (tertiary/aromatic N) is 2. The maximum Gasteiger partial charge on any atom is 0.266 e.